The number of hydrogen-bond acceptors (Lipinski definition) is 6. The van der Waals surface area contributed by atoms with Crippen molar-refractivity contribution in [2.75, 3.05) is 53.5 Å². The zero-order chi connectivity index (χ0) is 11.4. The minimum absolute atomic E-state index is 0.500. The maximum absolute atomic E-state index is 8.81. The second-order valence-electron chi connectivity index (χ2n) is 2.60. The molecule has 0 spiro atoms. The number of ether oxygens (including phenoxy) is 4. The molecule has 2 aliphatic rings. The Bertz CT molecular complexity index is 123. The molecule has 0 radical (unpaired) electrons. The summed E-state index contributed by atoms with van der Waals surface area (Å²) in [6.07, 6.45) is 0. The second-order valence-corrected chi connectivity index (χ2v) is 2.60. The lowest BCUT2D eigenvalue weighted by Gasteiger charge is -2.09. The van der Waals surface area contributed by atoms with Crippen molar-refractivity contribution < 1.29 is 23.9 Å². The van der Waals surface area contributed by atoms with Crippen LogP contribution in [0.25, 0.3) is 0 Å². The highest BCUT2D eigenvalue weighted by Gasteiger charge is 1.94. The van der Waals surface area contributed by atoms with Gasteiger partial charge in [0.2, 0.25) is 0 Å². The molecule has 0 bridgehead atoms. The van der Waals surface area contributed by atoms with Crippen molar-refractivity contribution in [1.82, 2.24) is 0 Å². The highest BCUT2D eigenvalue weighted by Crippen LogP contribution is 1.86. The summed E-state index contributed by atoms with van der Waals surface area (Å²) in [6.45, 7) is 5.17. The van der Waals surface area contributed by atoms with Crippen LogP contribution < -0.4 is 0 Å². The third-order valence-corrected chi connectivity index (χ3v) is 1.28. The average molecular weight is 223 g/mol. The molecule has 7 nitrogen and oxygen atoms in total. The molecule has 2 fully saturated rings. The zero-order valence-electron chi connectivity index (χ0n) is 8.85. The molecule has 2 rings (SSSR count). The van der Waals surface area contributed by atoms with Gasteiger partial charge in [0.05, 0.1) is 39.6 Å². The largest absolute Gasteiger partial charge is 0.377 e. The van der Waals surface area contributed by atoms with Crippen molar-refractivity contribution in [3.05, 3.63) is 10.1 Å². The molecule has 0 unspecified atom stereocenters. The monoisotopic (exact) mass is 223 g/mol. The molecule has 0 atom stereocenters. The highest BCUT2D eigenvalue weighted by molar-refractivity contribution is 4.37. The molecule has 0 saturated carbocycles. The quantitative estimate of drug-likeness (QED) is 0.422. The van der Waals surface area contributed by atoms with E-state index in [9.17, 15) is 0 Å². The van der Waals surface area contributed by atoms with Gasteiger partial charge < -0.3 is 18.9 Å². The molecule has 7 heteroatoms. The lowest BCUT2D eigenvalue weighted by atomic mass is 10.6. The molecule has 0 aromatic heterocycles. The highest BCUT2D eigenvalue weighted by atomic mass is 16.7. The summed E-state index contributed by atoms with van der Waals surface area (Å²) in [4.78, 5) is 8.31. The van der Waals surface area contributed by atoms with E-state index in [1.807, 2.05) is 0 Å². The van der Waals surface area contributed by atoms with Crippen molar-refractivity contribution in [1.29, 1.82) is 0 Å². The van der Waals surface area contributed by atoms with E-state index in [1.54, 1.807) is 0 Å². The fourth-order valence-corrected chi connectivity index (χ4v) is 0.734. The summed E-state index contributed by atoms with van der Waals surface area (Å²) >= 11 is 0. The Hall–Kier alpha value is -0.760. The van der Waals surface area contributed by atoms with Crippen molar-refractivity contribution in [3.8, 4) is 0 Å². The Morgan fingerprint density at radius 2 is 1.13 bits per heavy atom. The molecule has 2 saturated heterocycles. The van der Waals surface area contributed by atoms with Crippen LogP contribution >= 0.6 is 0 Å². The second kappa shape index (κ2) is 11.3. The molecule has 15 heavy (non-hydrogen) atoms. The topological polar surface area (TPSA) is 80.1 Å². The third kappa shape index (κ3) is 16.0. The van der Waals surface area contributed by atoms with Crippen molar-refractivity contribution in [3.63, 3.8) is 0 Å². The van der Waals surface area contributed by atoms with Crippen LogP contribution in [0.15, 0.2) is 0 Å². The predicted octanol–water partition coefficient (Wildman–Crippen LogP) is -0.0832. The van der Waals surface area contributed by atoms with Gasteiger partial charge in [0.15, 0.2) is 7.05 Å². The molecule has 2 aliphatic heterocycles. The third-order valence-electron chi connectivity index (χ3n) is 1.28. The Morgan fingerprint density at radius 3 is 1.27 bits per heavy atom. The van der Waals surface area contributed by atoms with E-state index in [0.29, 0.717) is 6.79 Å². The van der Waals surface area contributed by atoms with Gasteiger partial charge in [-0.25, -0.2) is 0 Å². The van der Waals surface area contributed by atoms with Gasteiger partial charge in [0.25, 0.3) is 0 Å². The molecule has 0 aromatic carbocycles. The molecule has 0 N–H and O–H groups in total. The van der Waals surface area contributed by atoms with E-state index in [-0.39, 0.29) is 0 Å². The van der Waals surface area contributed by atoms with Crippen molar-refractivity contribution >= 4 is 0 Å². The lowest BCUT2D eigenvalue weighted by Crippen LogP contribution is -2.16. The first kappa shape index (κ1) is 14.2. The van der Waals surface area contributed by atoms with E-state index in [2.05, 4.69) is 0 Å². The molecule has 0 aliphatic carbocycles. The zero-order valence-corrected chi connectivity index (χ0v) is 8.85. The van der Waals surface area contributed by atoms with E-state index in [1.165, 1.54) is 0 Å². The van der Waals surface area contributed by atoms with Gasteiger partial charge in [0, 0.05) is 4.92 Å². The van der Waals surface area contributed by atoms with Gasteiger partial charge in [-0.15, -0.1) is 0 Å². The number of rotatable bonds is 0. The first-order valence-corrected chi connectivity index (χ1v) is 4.62. The van der Waals surface area contributed by atoms with Crippen LogP contribution in [0.3, 0.4) is 0 Å². The van der Waals surface area contributed by atoms with Crippen molar-refractivity contribution in [2.45, 2.75) is 0 Å². The molecule has 90 valence electrons. The number of hydrogen-bond donors (Lipinski definition) is 0. The summed E-state index contributed by atoms with van der Waals surface area (Å²) in [5.74, 6) is 0. The van der Waals surface area contributed by atoms with Gasteiger partial charge in [-0.05, 0) is 0 Å². The van der Waals surface area contributed by atoms with Crippen LogP contribution in [0.1, 0.15) is 0 Å². The molecular weight excluding hydrogens is 206 g/mol. The Balaban J connectivity index is 0.000000202. The Morgan fingerprint density at radius 1 is 0.867 bits per heavy atom. The smallest absolute Gasteiger partial charge is 0.194 e. The van der Waals surface area contributed by atoms with Crippen LogP contribution in [0.4, 0.5) is 0 Å². The van der Waals surface area contributed by atoms with Crippen LogP contribution in [0, 0.1) is 10.1 Å². The molecule has 0 amide bonds. The standard InChI is InChI=1S/C4H8O2.C3H6O2.CH3NO2/c1-2-6-4-3-5-1;1-2-5-3-4-1;1-2(3)4/h1-4H2;1-3H2;1H3. The van der Waals surface area contributed by atoms with Crippen LogP contribution in [-0.4, -0.2) is 58.4 Å². The summed E-state index contributed by atoms with van der Waals surface area (Å²) in [5, 5.41) is 8.81. The minimum atomic E-state index is -0.500. The van der Waals surface area contributed by atoms with Gasteiger partial charge in [-0.1, -0.05) is 0 Å². The number of nitrogens with zero attached hydrogens (tertiary/aromatic N) is 1. The van der Waals surface area contributed by atoms with E-state index >= 15 is 0 Å². The van der Waals surface area contributed by atoms with Gasteiger partial charge in [0.1, 0.15) is 6.79 Å². The van der Waals surface area contributed by atoms with Crippen LogP contribution in [0.2, 0.25) is 0 Å². The average Bonchev–Trinajstić information content (AvgIpc) is 2.77. The molecule has 0 aromatic rings. The minimum Gasteiger partial charge on any atom is -0.377 e. The summed E-state index contributed by atoms with van der Waals surface area (Å²) in [6, 6.07) is 0. The van der Waals surface area contributed by atoms with Gasteiger partial charge in [-0.2, -0.15) is 0 Å². The van der Waals surface area contributed by atoms with Gasteiger partial charge in [-0.3, -0.25) is 10.1 Å². The fourth-order valence-electron chi connectivity index (χ4n) is 0.734. The summed E-state index contributed by atoms with van der Waals surface area (Å²) in [7, 11) is 0.889. The van der Waals surface area contributed by atoms with E-state index in [4.69, 9.17) is 29.1 Å². The maximum atomic E-state index is 8.81. The normalized spacial score (nSPS) is 19.3. The van der Waals surface area contributed by atoms with Crippen molar-refractivity contribution in [2.24, 2.45) is 0 Å². The molecule has 2 heterocycles. The SMILES string of the molecule is C1COCCO1.C1COCO1.C[N+](=O)[O-]. The fraction of sp³-hybridized carbons (Fsp3) is 1.00. The number of nitro groups is 1. The van der Waals surface area contributed by atoms with Gasteiger partial charge >= 0.3 is 0 Å². The predicted molar refractivity (Wildman–Crippen MR) is 51.3 cm³/mol. The maximum Gasteiger partial charge on any atom is 0.194 e. The van der Waals surface area contributed by atoms with E-state index in [0.717, 1.165) is 46.7 Å². The summed E-state index contributed by atoms with van der Waals surface area (Å²) < 4.78 is 19.3. The lowest BCUT2D eigenvalue weighted by molar-refractivity contribution is -0.445. The Kier molecular flexibility index (Phi) is 10.7. The Labute approximate surface area is 88.4 Å². The first-order chi connectivity index (χ1) is 7.23. The van der Waals surface area contributed by atoms with Crippen LogP contribution in [0.5, 0.6) is 0 Å². The van der Waals surface area contributed by atoms with E-state index < -0.39 is 4.92 Å². The summed E-state index contributed by atoms with van der Waals surface area (Å²) in [5.41, 5.74) is 0. The molecular formula is C8H17NO6. The first-order valence-electron chi connectivity index (χ1n) is 4.62. The van der Waals surface area contributed by atoms with Crippen LogP contribution in [-0.2, 0) is 18.9 Å².